The Bertz CT molecular complexity index is 1080. The van der Waals surface area contributed by atoms with Gasteiger partial charge in [-0.05, 0) is 41.7 Å². The highest BCUT2D eigenvalue weighted by molar-refractivity contribution is 7.89. The standard InChI is InChI=1S/C26H27NO4S/c28-26(25(22-10-4-1-5-11-22)23-12-6-2-7-13-23)31-20-21-14-16-24(17-15-21)32(29,30)27-18-8-3-9-19-27/h1-2,4-7,10-17,25H,3,8-9,18-20H2. The average Bonchev–Trinajstić information content (AvgIpc) is 2.85. The molecule has 0 bridgehead atoms. The molecule has 6 heteroatoms. The van der Waals surface area contributed by atoms with Crippen LogP contribution in [0, 0.1) is 0 Å². The van der Waals surface area contributed by atoms with Crippen LogP contribution in [0.15, 0.2) is 89.8 Å². The maximum absolute atomic E-state index is 13.0. The summed E-state index contributed by atoms with van der Waals surface area (Å²) in [5.41, 5.74) is 2.48. The molecule has 0 aliphatic carbocycles. The van der Waals surface area contributed by atoms with Gasteiger partial charge in [-0.1, -0.05) is 79.2 Å². The fourth-order valence-corrected chi connectivity index (χ4v) is 5.52. The second kappa shape index (κ2) is 10.1. The van der Waals surface area contributed by atoms with Gasteiger partial charge in [0.15, 0.2) is 0 Å². The molecule has 0 amide bonds. The number of hydrogen-bond acceptors (Lipinski definition) is 4. The van der Waals surface area contributed by atoms with E-state index in [4.69, 9.17) is 4.74 Å². The van der Waals surface area contributed by atoms with Crippen molar-refractivity contribution in [1.29, 1.82) is 0 Å². The Morgan fingerprint density at radius 1 is 0.781 bits per heavy atom. The van der Waals surface area contributed by atoms with Crippen molar-refractivity contribution in [2.45, 2.75) is 36.7 Å². The van der Waals surface area contributed by atoms with Crippen LogP contribution in [-0.2, 0) is 26.2 Å². The number of ether oxygens (including phenoxy) is 1. The fraction of sp³-hybridized carbons (Fsp3) is 0.269. The summed E-state index contributed by atoms with van der Waals surface area (Å²) in [5, 5.41) is 0. The van der Waals surface area contributed by atoms with Gasteiger partial charge in [-0.25, -0.2) is 8.42 Å². The number of rotatable bonds is 7. The van der Waals surface area contributed by atoms with E-state index in [9.17, 15) is 13.2 Å². The third-order valence-electron chi connectivity index (χ3n) is 5.76. The van der Waals surface area contributed by atoms with Crippen molar-refractivity contribution < 1.29 is 17.9 Å². The lowest BCUT2D eigenvalue weighted by molar-refractivity contribution is -0.145. The average molecular weight is 450 g/mol. The second-order valence-electron chi connectivity index (χ2n) is 7.97. The fourth-order valence-electron chi connectivity index (χ4n) is 4.01. The SMILES string of the molecule is O=C(OCc1ccc(S(=O)(=O)N2CCCCC2)cc1)C(c1ccccc1)c1ccccc1. The Morgan fingerprint density at radius 2 is 1.31 bits per heavy atom. The molecule has 0 aromatic heterocycles. The molecule has 0 N–H and O–H groups in total. The third kappa shape index (κ3) is 5.09. The Morgan fingerprint density at radius 3 is 1.84 bits per heavy atom. The highest BCUT2D eigenvalue weighted by atomic mass is 32.2. The number of esters is 1. The topological polar surface area (TPSA) is 63.7 Å². The van der Waals surface area contributed by atoms with Crippen LogP contribution >= 0.6 is 0 Å². The Labute approximate surface area is 189 Å². The van der Waals surface area contributed by atoms with Crippen LogP contribution in [-0.4, -0.2) is 31.8 Å². The summed E-state index contributed by atoms with van der Waals surface area (Å²) in [6.45, 7) is 1.23. The molecule has 1 saturated heterocycles. The zero-order valence-electron chi connectivity index (χ0n) is 17.9. The molecule has 32 heavy (non-hydrogen) atoms. The smallest absolute Gasteiger partial charge is 0.318 e. The summed E-state index contributed by atoms with van der Waals surface area (Å²) >= 11 is 0. The zero-order valence-corrected chi connectivity index (χ0v) is 18.7. The minimum atomic E-state index is -3.47. The number of carbonyl (C=O) groups is 1. The minimum Gasteiger partial charge on any atom is -0.460 e. The van der Waals surface area contributed by atoms with Gasteiger partial charge in [0.25, 0.3) is 0 Å². The van der Waals surface area contributed by atoms with Gasteiger partial charge in [0.2, 0.25) is 10.0 Å². The predicted molar refractivity (Wildman–Crippen MR) is 124 cm³/mol. The lowest BCUT2D eigenvalue weighted by Crippen LogP contribution is -2.35. The van der Waals surface area contributed by atoms with Gasteiger partial charge in [-0.15, -0.1) is 0 Å². The van der Waals surface area contributed by atoms with Gasteiger partial charge >= 0.3 is 5.97 Å². The first-order chi connectivity index (χ1) is 15.6. The van der Waals surface area contributed by atoms with E-state index in [0.717, 1.165) is 36.0 Å². The number of hydrogen-bond donors (Lipinski definition) is 0. The molecule has 0 unspecified atom stereocenters. The largest absolute Gasteiger partial charge is 0.460 e. The van der Waals surface area contributed by atoms with Crippen molar-refractivity contribution in [3.05, 3.63) is 102 Å². The number of carbonyl (C=O) groups excluding carboxylic acids is 1. The molecule has 4 rings (SSSR count). The van der Waals surface area contributed by atoms with Crippen LogP contribution in [0.1, 0.15) is 41.9 Å². The van der Waals surface area contributed by atoms with Crippen molar-refractivity contribution >= 4 is 16.0 Å². The first-order valence-corrected chi connectivity index (χ1v) is 12.4. The van der Waals surface area contributed by atoms with Gasteiger partial charge in [-0.2, -0.15) is 4.31 Å². The number of sulfonamides is 1. The number of nitrogens with zero attached hydrogens (tertiary/aromatic N) is 1. The second-order valence-corrected chi connectivity index (χ2v) is 9.91. The predicted octanol–water partition coefficient (Wildman–Crippen LogP) is 4.74. The van der Waals surface area contributed by atoms with Crippen LogP contribution in [0.5, 0.6) is 0 Å². The molecule has 1 aliphatic heterocycles. The van der Waals surface area contributed by atoms with E-state index in [1.807, 2.05) is 60.7 Å². The van der Waals surface area contributed by atoms with E-state index in [2.05, 4.69) is 0 Å². The maximum atomic E-state index is 13.0. The highest BCUT2D eigenvalue weighted by Crippen LogP contribution is 2.27. The van der Waals surface area contributed by atoms with Crippen LogP contribution < -0.4 is 0 Å². The number of piperidine rings is 1. The first kappa shape index (κ1) is 22.2. The molecule has 166 valence electrons. The van der Waals surface area contributed by atoms with Gasteiger partial charge < -0.3 is 4.74 Å². The normalized spacial score (nSPS) is 14.9. The molecular weight excluding hydrogens is 422 g/mol. The molecule has 0 atom stereocenters. The Hall–Kier alpha value is -2.96. The van der Waals surface area contributed by atoms with Gasteiger partial charge in [-0.3, -0.25) is 4.79 Å². The molecule has 3 aromatic carbocycles. The van der Waals surface area contributed by atoms with E-state index in [-0.39, 0.29) is 17.5 Å². The van der Waals surface area contributed by atoms with E-state index >= 15 is 0 Å². The van der Waals surface area contributed by atoms with Crippen LogP contribution in [0.3, 0.4) is 0 Å². The molecular formula is C26H27NO4S. The first-order valence-electron chi connectivity index (χ1n) is 10.9. The summed E-state index contributed by atoms with van der Waals surface area (Å²) in [7, 11) is -3.47. The van der Waals surface area contributed by atoms with E-state index in [1.165, 1.54) is 0 Å². The van der Waals surface area contributed by atoms with Gasteiger partial charge in [0, 0.05) is 13.1 Å². The molecule has 0 saturated carbocycles. The summed E-state index contributed by atoms with van der Waals surface area (Å²) < 4.78 is 32.8. The van der Waals surface area contributed by atoms with Crippen LogP contribution in [0.2, 0.25) is 0 Å². The third-order valence-corrected chi connectivity index (χ3v) is 7.67. The van der Waals surface area contributed by atoms with Crippen molar-refractivity contribution in [3.8, 4) is 0 Å². The van der Waals surface area contributed by atoms with Crippen molar-refractivity contribution in [1.82, 2.24) is 4.31 Å². The summed E-state index contributed by atoms with van der Waals surface area (Å²) in [6, 6.07) is 25.7. The molecule has 0 radical (unpaired) electrons. The highest BCUT2D eigenvalue weighted by Gasteiger charge is 2.26. The molecule has 5 nitrogen and oxygen atoms in total. The minimum absolute atomic E-state index is 0.0824. The maximum Gasteiger partial charge on any atom is 0.318 e. The summed E-state index contributed by atoms with van der Waals surface area (Å²) in [5.74, 6) is -0.858. The lowest BCUT2D eigenvalue weighted by Gasteiger charge is -2.25. The van der Waals surface area contributed by atoms with Crippen molar-refractivity contribution in [3.63, 3.8) is 0 Å². The quantitative estimate of drug-likeness (QED) is 0.489. The van der Waals surface area contributed by atoms with Gasteiger partial charge in [0.05, 0.1) is 4.90 Å². The van der Waals surface area contributed by atoms with Crippen molar-refractivity contribution in [2.24, 2.45) is 0 Å². The van der Waals surface area contributed by atoms with E-state index < -0.39 is 15.9 Å². The van der Waals surface area contributed by atoms with Gasteiger partial charge in [0.1, 0.15) is 12.5 Å². The molecule has 3 aromatic rings. The molecule has 0 spiro atoms. The molecule has 1 fully saturated rings. The lowest BCUT2D eigenvalue weighted by atomic mass is 9.91. The van der Waals surface area contributed by atoms with Crippen molar-refractivity contribution in [2.75, 3.05) is 13.1 Å². The van der Waals surface area contributed by atoms with E-state index in [1.54, 1.807) is 28.6 Å². The Balaban J connectivity index is 1.46. The zero-order chi connectivity index (χ0) is 22.4. The monoisotopic (exact) mass is 449 g/mol. The summed E-state index contributed by atoms with van der Waals surface area (Å²) in [4.78, 5) is 13.3. The summed E-state index contributed by atoms with van der Waals surface area (Å²) in [6.07, 6.45) is 2.87. The van der Waals surface area contributed by atoms with Crippen LogP contribution in [0.4, 0.5) is 0 Å². The Kier molecular flexibility index (Phi) is 7.02. The molecule has 1 aliphatic rings. The van der Waals surface area contributed by atoms with Crippen LogP contribution in [0.25, 0.3) is 0 Å². The number of benzene rings is 3. The van der Waals surface area contributed by atoms with E-state index in [0.29, 0.717) is 13.1 Å². The molecule has 1 heterocycles.